The molecule has 0 aliphatic heterocycles. The van der Waals surface area contributed by atoms with Crippen LogP contribution in [-0.2, 0) is 4.79 Å². The molecule has 0 bridgehead atoms. The maximum atomic E-state index is 10.9. The van der Waals surface area contributed by atoms with E-state index in [0.717, 1.165) is 51.6 Å². The van der Waals surface area contributed by atoms with E-state index >= 15 is 0 Å². The molecule has 0 aromatic rings. The Kier molecular flexibility index (Phi) is 11.4. The van der Waals surface area contributed by atoms with Gasteiger partial charge in [-0.15, -0.1) is 0 Å². The normalized spacial score (nSPS) is 12.6. The van der Waals surface area contributed by atoms with E-state index in [1.165, 1.54) is 0 Å². The van der Waals surface area contributed by atoms with Crippen molar-refractivity contribution in [2.24, 2.45) is 11.5 Å². The second-order valence-corrected chi connectivity index (χ2v) is 4.33. The molecule has 1 unspecified atom stereocenters. The lowest BCUT2D eigenvalue weighted by atomic mass is 10.1. The first-order valence-electron chi connectivity index (χ1n) is 6.58. The molecule has 0 aromatic heterocycles. The van der Waals surface area contributed by atoms with Crippen molar-refractivity contribution in [2.75, 3.05) is 19.6 Å². The molecule has 5 nitrogen and oxygen atoms in total. The number of hydrogen-bond acceptors (Lipinski definition) is 4. The number of rotatable bonds is 12. The summed E-state index contributed by atoms with van der Waals surface area (Å²) in [4.78, 5) is 10.9. The van der Waals surface area contributed by atoms with Crippen LogP contribution in [0.15, 0.2) is 0 Å². The molecule has 0 saturated heterocycles. The van der Waals surface area contributed by atoms with Gasteiger partial charge in [0.05, 0.1) is 0 Å². The maximum Gasteiger partial charge on any atom is 0.320 e. The van der Waals surface area contributed by atoms with Crippen LogP contribution in [0.2, 0.25) is 0 Å². The lowest BCUT2D eigenvalue weighted by Crippen LogP contribution is -2.37. The highest BCUT2D eigenvalue weighted by atomic mass is 16.4. The van der Waals surface area contributed by atoms with Gasteiger partial charge >= 0.3 is 5.97 Å². The van der Waals surface area contributed by atoms with Gasteiger partial charge in [-0.05, 0) is 45.3 Å². The zero-order chi connectivity index (χ0) is 12.9. The van der Waals surface area contributed by atoms with Gasteiger partial charge in [-0.3, -0.25) is 4.79 Å². The Morgan fingerprint density at radius 2 is 1.59 bits per heavy atom. The highest BCUT2D eigenvalue weighted by Gasteiger charge is 2.15. The molecule has 1 atom stereocenters. The molecule has 0 rings (SSSR count). The third kappa shape index (κ3) is 10.2. The quantitative estimate of drug-likeness (QED) is 0.379. The molecule has 102 valence electrons. The first-order chi connectivity index (χ1) is 8.22. The number of carbonyl (C=O) groups is 1. The summed E-state index contributed by atoms with van der Waals surface area (Å²) in [6, 6.07) is -0.420. The van der Waals surface area contributed by atoms with Crippen molar-refractivity contribution >= 4 is 5.97 Å². The minimum Gasteiger partial charge on any atom is -0.480 e. The largest absolute Gasteiger partial charge is 0.480 e. The fourth-order valence-electron chi connectivity index (χ4n) is 1.70. The van der Waals surface area contributed by atoms with Crippen LogP contribution in [-0.4, -0.2) is 36.8 Å². The van der Waals surface area contributed by atoms with Crippen molar-refractivity contribution in [3.8, 4) is 0 Å². The van der Waals surface area contributed by atoms with Crippen molar-refractivity contribution in [3.05, 3.63) is 0 Å². The highest BCUT2D eigenvalue weighted by Crippen LogP contribution is 2.02. The van der Waals surface area contributed by atoms with E-state index in [2.05, 4.69) is 5.32 Å². The summed E-state index contributed by atoms with van der Waals surface area (Å²) in [5.41, 5.74) is 10.8. The molecule has 0 aromatic carbocycles. The maximum absolute atomic E-state index is 10.9. The van der Waals surface area contributed by atoms with Crippen molar-refractivity contribution in [2.45, 2.75) is 51.0 Å². The molecule has 6 N–H and O–H groups in total. The lowest BCUT2D eigenvalue weighted by Gasteiger charge is -2.13. The van der Waals surface area contributed by atoms with Crippen molar-refractivity contribution < 1.29 is 9.90 Å². The minimum atomic E-state index is -0.760. The smallest absolute Gasteiger partial charge is 0.320 e. The number of carboxylic acid groups (broad SMARTS) is 1. The standard InChI is InChI=1S/C12H27N3O2/c13-8-4-1-2-6-10-15-11(12(16)17)7-3-5-9-14/h11,15H,1-10,13-14H2,(H,16,17). The number of hydrogen-bond donors (Lipinski definition) is 4. The fraction of sp³-hybridized carbons (Fsp3) is 0.917. The van der Waals surface area contributed by atoms with Gasteiger partial charge in [0.25, 0.3) is 0 Å². The van der Waals surface area contributed by atoms with Crippen LogP contribution in [0.1, 0.15) is 44.9 Å². The second-order valence-electron chi connectivity index (χ2n) is 4.33. The predicted molar refractivity (Wildman–Crippen MR) is 69.9 cm³/mol. The summed E-state index contributed by atoms with van der Waals surface area (Å²) in [6.07, 6.45) is 6.73. The topological polar surface area (TPSA) is 101 Å². The fourth-order valence-corrected chi connectivity index (χ4v) is 1.70. The van der Waals surface area contributed by atoms with E-state index in [1.807, 2.05) is 0 Å². The van der Waals surface area contributed by atoms with Crippen LogP contribution in [0.4, 0.5) is 0 Å². The molecule has 0 amide bonds. The molecule has 0 saturated carbocycles. The van der Waals surface area contributed by atoms with Gasteiger partial charge < -0.3 is 21.9 Å². The molecule has 0 heterocycles. The Bertz CT molecular complexity index is 189. The summed E-state index contributed by atoms with van der Waals surface area (Å²) < 4.78 is 0. The summed E-state index contributed by atoms with van der Waals surface area (Å²) in [6.45, 7) is 2.14. The van der Waals surface area contributed by atoms with Gasteiger partial charge in [-0.25, -0.2) is 0 Å². The van der Waals surface area contributed by atoms with Crippen LogP contribution in [0, 0.1) is 0 Å². The molecular weight excluding hydrogens is 218 g/mol. The molecule has 0 fully saturated rings. The third-order valence-corrected chi connectivity index (χ3v) is 2.77. The average molecular weight is 245 g/mol. The van der Waals surface area contributed by atoms with E-state index in [9.17, 15) is 4.79 Å². The van der Waals surface area contributed by atoms with Crippen LogP contribution in [0.3, 0.4) is 0 Å². The average Bonchev–Trinajstić information content (AvgIpc) is 2.31. The van der Waals surface area contributed by atoms with Gasteiger partial charge in [0.1, 0.15) is 6.04 Å². The number of unbranched alkanes of at least 4 members (excludes halogenated alkanes) is 4. The van der Waals surface area contributed by atoms with Crippen molar-refractivity contribution in [1.29, 1.82) is 0 Å². The van der Waals surface area contributed by atoms with Crippen LogP contribution in [0.5, 0.6) is 0 Å². The monoisotopic (exact) mass is 245 g/mol. The molecule has 17 heavy (non-hydrogen) atoms. The molecule has 0 radical (unpaired) electrons. The molecule has 0 aliphatic carbocycles. The zero-order valence-electron chi connectivity index (χ0n) is 10.7. The Morgan fingerprint density at radius 1 is 1.00 bits per heavy atom. The second kappa shape index (κ2) is 11.8. The van der Waals surface area contributed by atoms with Crippen molar-refractivity contribution in [1.82, 2.24) is 5.32 Å². The van der Waals surface area contributed by atoms with Crippen molar-refractivity contribution in [3.63, 3.8) is 0 Å². The Morgan fingerprint density at radius 3 is 2.18 bits per heavy atom. The number of nitrogens with one attached hydrogen (secondary N) is 1. The SMILES string of the molecule is NCCCCCCNC(CCCCN)C(=O)O. The van der Waals surface area contributed by atoms with Gasteiger partial charge in [0, 0.05) is 0 Å². The van der Waals surface area contributed by atoms with Gasteiger partial charge in [0.2, 0.25) is 0 Å². The van der Waals surface area contributed by atoms with Crippen LogP contribution < -0.4 is 16.8 Å². The first-order valence-corrected chi connectivity index (χ1v) is 6.58. The molecule has 0 spiro atoms. The van der Waals surface area contributed by atoms with E-state index < -0.39 is 12.0 Å². The van der Waals surface area contributed by atoms with Crippen LogP contribution in [0.25, 0.3) is 0 Å². The van der Waals surface area contributed by atoms with E-state index in [1.54, 1.807) is 0 Å². The summed E-state index contributed by atoms with van der Waals surface area (Å²) in [5, 5.41) is 12.1. The summed E-state index contributed by atoms with van der Waals surface area (Å²) >= 11 is 0. The van der Waals surface area contributed by atoms with Gasteiger partial charge in [-0.1, -0.05) is 19.3 Å². The van der Waals surface area contributed by atoms with Gasteiger partial charge in [-0.2, -0.15) is 0 Å². The Labute approximate surface area is 104 Å². The molecular formula is C12H27N3O2. The zero-order valence-corrected chi connectivity index (χ0v) is 10.7. The summed E-state index contributed by atoms with van der Waals surface area (Å²) in [5.74, 6) is -0.760. The number of nitrogens with two attached hydrogens (primary N) is 2. The van der Waals surface area contributed by atoms with Gasteiger partial charge in [0.15, 0.2) is 0 Å². The predicted octanol–water partition coefficient (Wildman–Crippen LogP) is 0.677. The van der Waals surface area contributed by atoms with Crippen LogP contribution >= 0.6 is 0 Å². The van der Waals surface area contributed by atoms with E-state index in [-0.39, 0.29) is 0 Å². The Balaban J connectivity index is 3.52. The lowest BCUT2D eigenvalue weighted by molar-refractivity contribution is -0.139. The first kappa shape index (κ1) is 16.4. The van der Waals surface area contributed by atoms with E-state index in [0.29, 0.717) is 13.0 Å². The molecule has 5 heteroatoms. The minimum absolute atomic E-state index is 0.420. The highest BCUT2D eigenvalue weighted by molar-refractivity contribution is 5.73. The number of carboxylic acids is 1. The summed E-state index contributed by atoms with van der Waals surface area (Å²) in [7, 11) is 0. The number of aliphatic carboxylic acids is 1. The third-order valence-electron chi connectivity index (χ3n) is 2.77. The Hall–Kier alpha value is -0.650. The molecule has 0 aliphatic rings. The van der Waals surface area contributed by atoms with E-state index in [4.69, 9.17) is 16.6 Å².